The maximum absolute atomic E-state index is 13.4. The molecule has 6 heteroatoms. The summed E-state index contributed by atoms with van der Waals surface area (Å²) in [7, 11) is 0. The molecule has 17 heavy (non-hydrogen) atoms. The fourth-order valence-corrected chi connectivity index (χ4v) is 1.24. The number of Topliss-reactive ketones (excluding diaryl/α,β-unsaturated/α-hetero) is 1. The van der Waals surface area contributed by atoms with E-state index >= 15 is 0 Å². The Bertz CT molecular complexity index is 469. The molecule has 0 atom stereocenters. The van der Waals surface area contributed by atoms with Crippen molar-refractivity contribution in [3.05, 3.63) is 23.3 Å². The highest BCUT2D eigenvalue weighted by atomic mass is 19.1. The second-order valence-corrected chi connectivity index (χ2v) is 4.65. The van der Waals surface area contributed by atoms with Gasteiger partial charge in [-0.05, 0) is 6.07 Å². The molecule has 0 aliphatic rings. The van der Waals surface area contributed by atoms with Gasteiger partial charge in [0.2, 0.25) is 5.95 Å². The van der Waals surface area contributed by atoms with Crippen molar-refractivity contribution in [3.8, 4) is 0 Å². The molecule has 0 saturated heterocycles. The van der Waals surface area contributed by atoms with Crippen LogP contribution in [-0.2, 0) is 0 Å². The molecule has 0 spiro atoms. The monoisotopic (exact) mass is 240 g/mol. The lowest BCUT2D eigenvalue weighted by molar-refractivity contribution is 0.0690. The Morgan fingerprint density at radius 2 is 1.94 bits per heavy atom. The molecule has 3 N–H and O–H groups in total. The smallest absolute Gasteiger partial charge is 0.342 e. The molecule has 0 fully saturated rings. The van der Waals surface area contributed by atoms with E-state index in [1.165, 1.54) is 0 Å². The summed E-state index contributed by atoms with van der Waals surface area (Å²) in [6.45, 7) is 4.95. The first-order valence-corrected chi connectivity index (χ1v) is 4.88. The van der Waals surface area contributed by atoms with E-state index in [2.05, 4.69) is 4.98 Å². The minimum absolute atomic E-state index is 0.169. The van der Waals surface area contributed by atoms with Gasteiger partial charge in [-0.25, -0.2) is 9.78 Å². The van der Waals surface area contributed by atoms with E-state index in [4.69, 9.17) is 10.8 Å². The highest BCUT2D eigenvalue weighted by Gasteiger charge is 2.27. The molecular weight excluding hydrogens is 227 g/mol. The Morgan fingerprint density at radius 1 is 1.41 bits per heavy atom. The summed E-state index contributed by atoms with van der Waals surface area (Å²) in [6, 6.07) is 1.08. The molecule has 0 aromatic carbocycles. The zero-order valence-electron chi connectivity index (χ0n) is 9.74. The largest absolute Gasteiger partial charge is 0.477 e. The molecule has 92 valence electrons. The summed E-state index contributed by atoms with van der Waals surface area (Å²) in [4.78, 5) is 25.8. The highest BCUT2D eigenvalue weighted by molar-refractivity contribution is 6.01. The molecule has 0 aliphatic heterocycles. The number of aromatic nitrogens is 1. The van der Waals surface area contributed by atoms with Crippen LogP contribution >= 0.6 is 0 Å². The van der Waals surface area contributed by atoms with E-state index in [1.807, 2.05) is 0 Å². The van der Waals surface area contributed by atoms with E-state index < -0.39 is 28.7 Å². The molecule has 0 unspecified atom stereocenters. The fourth-order valence-electron chi connectivity index (χ4n) is 1.24. The summed E-state index contributed by atoms with van der Waals surface area (Å²) in [5.41, 5.74) is 3.46. The lowest BCUT2D eigenvalue weighted by Gasteiger charge is -2.16. The second kappa shape index (κ2) is 4.12. The maximum Gasteiger partial charge on any atom is 0.342 e. The van der Waals surface area contributed by atoms with Crippen molar-refractivity contribution in [1.29, 1.82) is 0 Å². The third-order valence-electron chi connectivity index (χ3n) is 2.13. The number of hydrogen-bond donors (Lipinski definition) is 2. The minimum Gasteiger partial charge on any atom is -0.477 e. The third-order valence-corrected chi connectivity index (χ3v) is 2.13. The quantitative estimate of drug-likeness (QED) is 0.606. The van der Waals surface area contributed by atoms with E-state index in [0.717, 1.165) is 6.07 Å². The molecule has 0 bridgehead atoms. The molecule has 0 radical (unpaired) electrons. The lowest BCUT2D eigenvalue weighted by atomic mass is 9.88. The van der Waals surface area contributed by atoms with Crippen LogP contribution in [0.5, 0.6) is 0 Å². The minimum atomic E-state index is -1.51. The van der Waals surface area contributed by atoms with Crippen molar-refractivity contribution in [3.63, 3.8) is 0 Å². The number of nitrogens with two attached hydrogens (primary N) is 1. The molecule has 1 aromatic rings. The van der Waals surface area contributed by atoms with Crippen molar-refractivity contribution in [2.24, 2.45) is 5.41 Å². The number of pyridine rings is 1. The van der Waals surface area contributed by atoms with Crippen molar-refractivity contribution in [2.75, 3.05) is 5.73 Å². The predicted octanol–water partition coefficient (Wildman–Crippen LogP) is 1.73. The van der Waals surface area contributed by atoms with Crippen LogP contribution in [0.25, 0.3) is 0 Å². The zero-order valence-corrected chi connectivity index (χ0v) is 9.74. The Labute approximate surface area is 97.5 Å². The van der Waals surface area contributed by atoms with Crippen LogP contribution in [0.3, 0.4) is 0 Å². The number of carbonyl (C=O) groups is 2. The van der Waals surface area contributed by atoms with Gasteiger partial charge in [-0.2, -0.15) is 4.39 Å². The Balaban J connectivity index is 3.34. The second-order valence-electron chi connectivity index (χ2n) is 4.65. The van der Waals surface area contributed by atoms with Crippen molar-refractivity contribution in [2.45, 2.75) is 20.8 Å². The number of rotatable bonds is 2. The van der Waals surface area contributed by atoms with Gasteiger partial charge in [-0.15, -0.1) is 0 Å². The summed E-state index contributed by atoms with van der Waals surface area (Å²) in [5.74, 6) is -3.16. The number of ketones is 1. The van der Waals surface area contributed by atoms with E-state index in [0.29, 0.717) is 0 Å². The van der Waals surface area contributed by atoms with Gasteiger partial charge in [0.15, 0.2) is 5.78 Å². The molecule has 5 nitrogen and oxygen atoms in total. The van der Waals surface area contributed by atoms with Crippen molar-refractivity contribution < 1.29 is 19.1 Å². The first kappa shape index (κ1) is 13.1. The van der Waals surface area contributed by atoms with Gasteiger partial charge >= 0.3 is 5.97 Å². The molecule has 1 aromatic heterocycles. The summed E-state index contributed by atoms with van der Waals surface area (Å²) < 4.78 is 13.4. The topological polar surface area (TPSA) is 93.3 Å². The van der Waals surface area contributed by atoms with E-state index in [1.54, 1.807) is 20.8 Å². The molecule has 0 aliphatic carbocycles. The summed E-state index contributed by atoms with van der Waals surface area (Å²) in [5, 5.41) is 8.69. The van der Waals surface area contributed by atoms with Crippen LogP contribution in [0.4, 0.5) is 10.1 Å². The average molecular weight is 240 g/mol. The van der Waals surface area contributed by atoms with Crippen molar-refractivity contribution in [1.82, 2.24) is 4.98 Å². The van der Waals surface area contributed by atoms with Gasteiger partial charge in [0.25, 0.3) is 0 Å². The van der Waals surface area contributed by atoms with Gasteiger partial charge in [0.05, 0.1) is 5.69 Å². The number of hydrogen-bond acceptors (Lipinski definition) is 4. The number of carbonyl (C=O) groups excluding carboxylic acids is 1. The van der Waals surface area contributed by atoms with Gasteiger partial charge in [-0.1, -0.05) is 20.8 Å². The maximum atomic E-state index is 13.4. The predicted molar refractivity (Wildman–Crippen MR) is 59.4 cm³/mol. The summed E-state index contributed by atoms with van der Waals surface area (Å²) >= 11 is 0. The third kappa shape index (κ3) is 2.58. The van der Waals surface area contributed by atoms with Gasteiger partial charge in [-0.3, -0.25) is 4.79 Å². The highest BCUT2D eigenvalue weighted by Crippen LogP contribution is 2.23. The standard InChI is InChI=1S/C11H13FN2O3/c1-11(2,3)8(15)6-4-5(13)7(10(16)17)9(12)14-6/h4H,1-3H3,(H2,13,14)(H,16,17). The fraction of sp³-hybridized carbons (Fsp3) is 0.364. The number of carboxylic acid groups (broad SMARTS) is 1. The van der Waals surface area contributed by atoms with Crippen LogP contribution in [0, 0.1) is 11.4 Å². The van der Waals surface area contributed by atoms with E-state index in [9.17, 15) is 14.0 Å². The number of nitrogen functional groups attached to an aromatic ring is 1. The normalized spacial score (nSPS) is 11.3. The molecule has 0 saturated carbocycles. The summed E-state index contributed by atoms with van der Waals surface area (Å²) in [6.07, 6.45) is 0. The first-order valence-electron chi connectivity index (χ1n) is 4.88. The Kier molecular flexibility index (Phi) is 3.17. The number of halogens is 1. The number of nitrogens with zero attached hydrogens (tertiary/aromatic N) is 1. The van der Waals surface area contributed by atoms with Crippen LogP contribution in [0.2, 0.25) is 0 Å². The lowest BCUT2D eigenvalue weighted by Crippen LogP contribution is -2.23. The first-order chi connectivity index (χ1) is 7.64. The molecule has 0 amide bonds. The van der Waals surface area contributed by atoms with Gasteiger partial charge in [0.1, 0.15) is 11.3 Å². The van der Waals surface area contributed by atoms with Crippen LogP contribution in [0.15, 0.2) is 6.07 Å². The van der Waals surface area contributed by atoms with Gasteiger partial charge in [0, 0.05) is 5.41 Å². The zero-order chi connectivity index (χ0) is 13.4. The SMILES string of the molecule is CC(C)(C)C(=O)c1cc(N)c(C(=O)O)c(F)n1. The number of carboxylic acids is 1. The Morgan fingerprint density at radius 3 is 2.29 bits per heavy atom. The average Bonchev–Trinajstić information content (AvgIpc) is 2.13. The number of aromatic carboxylic acids is 1. The van der Waals surface area contributed by atoms with Crippen molar-refractivity contribution >= 4 is 17.4 Å². The molecule has 1 heterocycles. The number of anilines is 1. The molecule has 1 rings (SSSR count). The van der Waals surface area contributed by atoms with Crippen LogP contribution in [0.1, 0.15) is 41.6 Å². The van der Waals surface area contributed by atoms with Crippen LogP contribution in [-0.4, -0.2) is 21.8 Å². The van der Waals surface area contributed by atoms with Gasteiger partial charge < -0.3 is 10.8 Å². The Hall–Kier alpha value is -1.98. The van der Waals surface area contributed by atoms with Crippen LogP contribution < -0.4 is 5.73 Å². The molecular formula is C11H13FN2O3. The van der Waals surface area contributed by atoms with E-state index in [-0.39, 0.29) is 11.4 Å².